The lowest BCUT2D eigenvalue weighted by Crippen LogP contribution is -2.37. The minimum Gasteiger partial charge on any atom is -0.444 e. The Bertz CT molecular complexity index is 497. The molecule has 0 aliphatic heterocycles. The van der Waals surface area contributed by atoms with Gasteiger partial charge in [-0.1, -0.05) is 12.1 Å². The van der Waals surface area contributed by atoms with E-state index in [-0.39, 0.29) is 12.2 Å². The third-order valence-corrected chi connectivity index (χ3v) is 2.41. The predicted molar refractivity (Wildman–Crippen MR) is 74.3 cm³/mol. The lowest BCUT2D eigenvalue weighted by Gasteiger charge is -2.23. The molecule has 0 aromatic heterocycles. The summed E-state index contributed by atoms with van der Waals surface area (Å²) < 4.78 is 5.13. The summed E-state index contributed by atoms with van der Waals surface area (Å²) >= 11 is 0. The zero-order valence-electron chi connectivity index (χ0n) is 11.8. The van der Waals surface area contributed by atoms with Crippen molar-refractivity contribution in [2.75, 3.05) is 6.54 Å². The van der Waals surface area contributed by atoms with Crippen molar-refractivity contribution < 1.29 is 14.5 Å². The number of nitro groups is 1. The maximum absolute atomic E-state index is 11.7. The second kappa shape index (κ2) is 6.33. The van der Waals surface area contributed by atoms with Gasteiger partial charge in [-0.05, 0) is 26.3 Å². The number of nitrogens with one attached hydrogen (secondary N) is 1. The van der Waals surface area contributed by atoms with Crippen molar-refractivity contribution in [3.63, 3.8) is 0 Å². The Kier molecular flexibility index (Phi) is 5.04. The molecule has 3 N–H and O–H groups in total. The Morgan fingerprint density at radius 1 is 1.50 bits per heavy atom. The first-order valence-corrected chi connectivity index (χ1v) is 6.17. The minimum absolute atomic E-state index is 0.0491. The first-order valence-electron chi connectivity index (χ1n) is 6.17. The van der Waals surface area contributed by atoms with Crippen LogP contribution in [0.1, 0.15) is 32.4 Å². The molecule has 0 aliphatic carbocycles. The lowest BCUT2D eigenvalue weighted by atomic mass is 10.1. The van der Waals surface area contributed by atoms with Crippen LogP contribution in [0.5, 0.6) is 0 Å². The van der Waals surface area contributed by atoms with Crippen molar-refractivity contribution in [1.82, 2.24) is 5.32 Å². The molecule has 0 heterocycles. The summed E-state index contributed by atoms with van der Waals surface area (Å²) in [6.45, 7) is 5.35. The van der Waals surface area contributed by atoms with Crippen LogP contribution < -0.4 is 11.1 Å². The number of rotatable bonds is 4. The molecule has 0 fully saturated rings. The lowest BCUT2D eigenvalue weighted by molar-refractivity contribution is -0.384. The standard InChI is InChI=1S/C13H19N3O4/c1-13(2,3)20-12(17)15-11(8-14)9-5-4-6-10(7-9)16(18)19/h4-7,11H,8,14H2,1-3H3,(H,15,17). The molecule has 1 rings (SSSR count). The molecule has 1 aromatic rings. The Balaban J connectivity index is 2.83. The first-order chi connectivity index (χ1) is 9.23. The van der Waals surface area contributed by atoms with Gasteiger partial charge in [-0.3, -0.25) is 10.1 Å². The molecular formula is C13H19N3O4. The first kappa shape index (κ1) is 15.9. The number of nitrogens with two attached hydrogens (primary N) is 1. The van der Waals surface area contributed by atoms with Crippen LogP contribution in [0.3, 0.4) is 0 Å². The fraction of sp³-hybridized carbons (Fsp3) is 0.462. The van der Waals surface area contributed by atoms with Crippen LogP contribution in [0.2, 0.25) is 0 Å². The largest absolute Gasteiger partial charge is 0.444 e. The smallest absolute Gasteiger partial charge is 0.408 e. The number of hydrogen-bond donors (Lipinski definition) is 2. The topological polar surface area (TPSA) is 107 Å². The van der Waals surface area contributed by atoms with Crippen molar-refractivity contribution in [3.05, 3.63) is 39.9 Å². The van der Waals surface area contributed by atoms with Crippen LogP contribution >= 0.6 is 0 Å². The molecule has 0 saturated heterocycles. The Morgan fingerprint density at radius 2 is 2.15 bits per heavy atom. The van der Waals surface area contributed by atoms with Gasteiger partial charge in [0.25, 0.3) is 5.69 Å². The third kappa shape index (κ3) is 4.85. The number of alkyl carbamates (subject to hydrolysis) is 1. The monoisotopic (exact) mass is 281 g/mol. The normalized spacial score (nSPS) is 12.6. The van der Waals surface area contributed by atoms with Gasteiger partial charge >= 0.3 is 6.09 Å². The molecule has 0 bridgehead atoms. The van der Waals surface area contributed by atoms with Crippen molar-refractivity contribution in [2.45, 2.75) is 32.4 Å². The van der Waals surface area contributed by atoms with E-state index in [4.69, 9.17) is 10.5 Å². The van der Waals surface area contributed by atoms with Gasteiger partial charge in [-0.25, -0.2) is 4.79 Å². The van der Waals surface area contributed by atoms with E-state index in [0.29, 0.717) is 5.56 Å². The van der Waals surface area contributed by atoms with Crippen molar-refractivity contribution in [2.24, 2.45) is 5.73 Å². The number of non-ortho nitro benzene ring substituents is 1. The van der Waals surface area contributed by atoms with E-state index < -0.39 is 22.7 Å². The van der Waals surface area contributed by atoms with Gasteiger partial charge in [-0.15, -0.1) is 0 Å². The Labute approximate surface area is 117 Å². The van der Waals surface area contributed by atoms with E-state index >= 15 is 0 Å². The van der Waals surface area contributed by atoms with Gasteiger partial charge in [-0.2, -0.15) is 0 Å². The second-order valence-electron chi connectivity index (χ2n) is 5.29. The average molecular weight is 281 g/mol. The van der Waals surface area contributed by atoms with E-state index in [1.807, 2.05) is 0 Å². The maximum Gasteiger partial charge on any atom is 0.408 e. The molecule has 0 spiro atoms. The summed E-state index contributed by atoms with van der Waals surface area (Å²) in [5.74, 6) is 0. The number of benzene rings is 1. The van der Waals surface area contributed by atoms with Gasteiger partial charge < -0.3 is 15.8 Å². The summed E-state index contributed by atoms with van der Waals surface area (Å²) in [4.78, 5) is 21.9. The molecule has 1 atom stereocenters. The molecule has 7 nitrogen and oxygen atoms in total. The molecule has 20 heavy (non-hydrogen) atoms. The number of carbonyl (C=O) groups is 1. The molecule has 1 aromatic carbocycles. The summed E-state index contributed by atoms with van der Waals surface area (Å²) in [6.07, 6.45) is -0.612. The van der Waals surface area contributed by atoms with Crippen LogP contribution in [0.15, 0.2) is 24.3 Å². The quantitative estimate of drug-likeness (QED) is 0.649. The summed E-state index contributed by atoms with van der Waals surface area (Å²) in [5.41, 5.74) is 5.50. The number of ether oxygens (including phenoxy) is 1. The van der Waals surface area contributed by atoms with E-state index in [1.54, 1.807) is 32.9 Å². The SMILES string of the molecule is CC(C)(C)OC(=O)NC(CN)c1cccc([N+](=O)[O-])c1. The summed E-state index contributed by atoms with van der Waals surface area (Å²) in [6, 6.07) is 5.44. The van der Waals surface area contributed by atoms with Crippen LogP contribution in [-0.4, -0.2) is 23.2 Å². The second-order valence-corrected chi connectivity index (χ2v) is 5.29. The van der Waals surface area contributed by atoms with Crippen molar-refractivity contribution in [3.8, 4) is 0 Å². The van der Waals surface area contributed by atoms with E-state index in [2.05, 4.69) is 5.32 Å². The van der Waals surface area contributed by atoms with E-state index in [9.17, 15) is 14.9 Å². The number of amides is 1. The molecule has 1 unspecified atom stereocenters. The zero-order valence-corrected chi connectivity index (χ0v) is 11.8. The number of nitro benzene ring substituents is 1. The van der Waals surface area contributed by atoms with E-state index in [1.165, 1.54) is 12.1 Å². The van der Waals surface area contributed by atoms with Crippen LogP contribution in [-0.2, 0) is 4.74 Å². The average Bonchev–Trinajstić information content (AvgIpc) is 2.34. The van der Waals surface area contributed by atoms with Crippen LogP contribution in [0, 0.1) is 10.1 Å². The molecule has 0 aliphatic rings. The maximum atomic E-state index is 11.7. The summed E-state index contributed by atoms with van der Waals surface area (Å²) in [5, 5.41) is 13.3. The predicted octanol–water partition coefficient (Wildman–Crippen LogP) is 2.12. The highest BCUT2D eigenvalue weighted by Gasteiger charge is 2.20. The molecule has 0 saturated carbocycles. The van der Waals surface area contributed by atoms with Crippen molar-refractivity contribution in [1.29, 1.82) is 0 Å². The minimum atomic E-state index is -0.619. The molecule has 0 radical (unpaired) electrons. The highest BCUT2D eigenvalue weighted by molar-refractivity contribution is 5.68. The van der Waals surface area contributed by atoms with E-state index in [0.717, 1.165) is 0 Å². The van der Waals surface area contributed by atoms with Gasteiger partial charge in [0.05, 0.1) is 11.0 Å². The number of nitrogens with zero attached hydrogens (tertiary/aromatic N) is 1. The highest BCUT2D eigenvalue weighted by atomic mass is 16.6. The molecule has 7 heteroatoms. The van der Waals surface area contributed by atoms with Gasteiger partial charge in [0.1, 0.15) is 5.60 Å². The zero-order chi connectivity index (χ0) is 15.3. The fourth-order valence-electron chi connectivity index (χ4n) is 1.58. The number of carbonyl (C=O) groups excluding carboxylic acids is 1. The Morgan fingerprint density at radius 3 is 2.65 bits per heavy atom. The molecular weight excluding hydrogens is 262 g/mol. The van der Waals surface area contributed by atoms with Crippen molar-refractivity contribution >= 4 is 11.8 Å². The van der Waals surface area contributed by atoms with Gasteiger partial charge in [0, 0.05) is 18.7 Å². The number of hydrogen-bond acceptors (Lipinski definition) is 5. The van der Waals surface area contributed by atoms with Gasteiger partial charge in [0.2, 0.25) is 0 Å². The van der Waals surface area contributed by atoms with Crippen LogP contribution in [0.4, 0.5) is 10.5 Å². The Hall–Kier alpha value is -2.15. The molecule has 1 amide bonds. The van der Waals surface area contributed by atoms with Crippen LogP contribution in [0.25, 0.3) is 0 Å². The summed E-state index contributed by atoms with van der Waals surface area (Å²) in [7, 11) is 0. The fourth-order valence-corrected chi connectivity index (χ4v) is 1.58. The molecule has 110 valence electrons. The highest BCUT2D eigenvalue weighted by Crippen LogP contribution is 2.19. The van der Waals surface area contributed by atoms with Gasteiger partial charge in [0.15, 0.2) is 0 Å². The third-order valence-electron chi connectivity index (χ3n) is 2.41.